The Morgan fingerprint density at radius 2 is 2.18 bits per heavy atom. The van der Waals surface area contributed by atoms with Crippen molar-refractivity contribution in [2.45, 2.75) is 24.5 Å². The van der Waals surface area contributed by atoms with E-state index in [0.717, 1.165) is 4.47 Å². The van der Waals surface area contributed by atoms with Crippen LogP contribution in [0.15, 0.2) is 21.6 Å². The van der Waals surface area contributed by atoms with Crippen molar-refractivity contribution in [2.75, 3.05) is 20.1 Å². The molecule has 2 atom stereocenters. The van der Waals surface area contributed by atoms with E-state index in [1.807, 2.05) is 0 Å². The van der Waals surface area contributed by atoms with Gasteiger partial charge in [0.25, 0.3) is 10.0 Å². The smallest absolute Gasteiger partial charge is 0.260 e. The van der Waals surface area contributed by atoms with Gasteiger partial charge in [-0.3, -0.25) is 4.79 Å². The van der Waals surface area contributed by atoms with Crippen molar-refractivity contribution in [1.29, 1.82) is 0 Å². The molecular weight excluding hydrogens is 374 g/mol. The minimum atomic E-state index is -3.78. The number of nitrogens with zero attached hydrogens (tertiary/aromatic N) is 2. The van der Waals surface area contributed by atoms with Crippen LogP contribution < -0.4 is 5.32 Å². The van der Waals surface area contributed by atoms with Gasteiger partial charge in [0, 0.05) is 36.9 Å². The molecule has 1 amide bonds. The van der Waals surface area contributed by atoms with Crippen molar-refractivity contribution in [3.63, 3.8) is 0 Å². The van der Waals surface area contributed by atoms with Gasteiger partial charge in [-0.05, 0) is 35.0 Å². The van der Waals surface area contributed by atoms with Gasteiger partial charge in [-0.15, -0.1) is 0 Å². The molecule has 1 aliphatic heterocycles. The van der Waals surface area contributed by atoms with E-state index in [4.69, 9.17) is 0 Å². The summed E-state index contributed by atoms with van der Waals surface area (Å²) in [5, 5.41) is 12.4. The molecule has 0 unspecified atom stereocenters. The summed E-state index contributed by atoms with van der Waals surface area (Å²) in [7, 11) is -2.27. The lowest BCUT2D eigenvalue weighted by atomic mass is 10.0. The number of amides is 1. The number of sulfonamides is 1. The highest BCUT2D eigenvalue weighted by atomic mass is 79.9. The van der Waals surface area contributed by atoms with E-state index in [1.54, 1.807) is 13.0 Å². The van der Waals surface area contributed by atoms with Crippen LogP contribution in [0.5, 0.6) is 0 Å². The summed E-state index contributed by atoms with van der Waals surface area (Å²) in [5.74, 6) is -0.632. The Bertz CT molecular complexity index is 680. The Balaban J connectivity index is 2.20. The fourth-order valence-electron chi connectivity index (χ4n) is 2.35. The van der Waals surface area contributed by atoms with Crippen molar-refractivity contribution in [2.24, 2.45) is 5.92 Å². The summed E-state index contributed by atoms with van der Waals surface area (Å²) in [6, 6.07) is 3.05. The molecule has 0 bridgehead atoms. The number of halogens is 1. The highest BCUT2D eigenvalue weighted by molar-refractivity contribution is 9.10. The second kappa shape index (κ2) is 6.61. The van der Waals surface area contributed by atoms with E-state index in [0.29, 0.717) is 5.69 Å². The Kier molecular flexibility index (Phi) is 5.21. The summed E-state index contributed by atoms with van der Waals surface area (Å²) in [6.07, 6.45) is -0.764. The Morgan fingerprint density at radius 3 is 2.77 bits per heavy atom. The van der Waals surface area contributed by atoms with Crippen LogP contribution in [0.25, 0.3) is 0 Å². The third-order valence-corrected chi connectivity index (χ3v) is 6.27. The van der Waals surface area contributed by atoms with Gasteiger partial charge in [0.1, 0.15) is 0 Å². The number of aromatic nitrogens is 1. The lowest BCUT2D eigenvalue weighted by Crippen LogP contribution is -2.30. The number of rotatable bonds is 4. The van der Waals surface area contributed by atoms with E-state index in [9.17, 15) is 18.3 Å². The molecule has 22 heavy (non-hydrogen) atoms. The van der Waals surface area contributed by atoms with E-state index in [1.165, 1.54) is 17.4 Å². The maximum Gasteiger partial charge on any atom is 0.260 e. The highest BCUT2D eigenvalue weighted by Gasteiger charge is 2.39. The molecule has 9 heteroatoms. The first kappa shape index (κ1) is 17.3. The van der Waals surface area contributed by atoms with Gasteiger partial charge < -0.3 is 10.4 Å². The van der Waals surface area contributed by atoms with Crippen LogP contribution >= 0.6 is 15.9 Å². The first-order valence-corrected chi connectivity index (χ1v) is 9.01. The molecule has 1 aromatic heterocycles. The summed E-state index contributed by atoms with van der Waals surface area (Å²) in [5.41, 5.74) is 0.572. The zero-order chi connectivity index (χ0) is 16.5. The van der Waals surface area contributed by atoms with Crippen molar-refractivity contribution < 1.29 is 18.3 Å². The number of pyridine rings is 1. The maximum absolute atomic E-state index is 12.6. The molecular formula is C13H18BrN3O4S. The zero-order valence-corrected chi connectivity index (χ0v) is 14.7. The van der Waals surface area contributed by atoms with Crippen molar-refractivity contribution in [3.05, 3.63) is 22.3 Å². The Labute approximate surface area is 137 Å². The van der Waals surface area contributed by atoms with E-state index in [-0.39, 0.29) is 30.4 Å². The molecule has 1 aromatic rings. The van der Waals surface area contributed by atoms with E-state index in [2.05, 4.69) is 26.2 Å². The number of carbonyl (C=O) groups excluding carboxylic acids is 1. The molecule has 7 nitrogen and oxygen atoms in total. The Hall–Kier alpha value is -1.03. The zero-order valence-electron chi connectivity index (χ0n) is 12.3. The Morgan fingerprint density at radius 1 is 1.50 bits per heavy atom. The molecule has 122 valence electrons. The molecule has 0 aliphatic carbocycles. The van der Waals surface area contributed by atoms with Crippen LogP contribution in [0.4, 0.5) is 0 Å². The second-order valence-electron chi connectivity index (χ2n) is 5.24. The van der Waals surface area contributed by atoms with Gasteiger partial charge in [0.15, 0.2) is 5.03 Å². The van der Waals surface area contributed by atoms with Crippen LogP contribution in [0.1, 0.15) is 12.1 Å². The van der Waals surface area contributed by atoms with Gasteiger partial charge in [0.2, 0.25) is 5.91 Å². The molecule has 0 aromatic carbocycles. The van der Waals surface area contributed by atoms with Crippen LogP contribution in [-0.2, 0) is 14.8 Å². The fourth-order valence-corrected chi connectivity index (χ4v) is 4.06. The van der Waals surface area contributed by atoms with Crippen molar-refractivity contribution in [1.82, 2.24) is 14.6 Å². The lowest BCUT2D eigenvalue weighted by Gasteiger charge is -2.16. The number of hydrogen-bond acceptors (Lipinski definition) is 5. The fraction of sp³-hybridized carbons (Fsp3) is 0.538. The molecule has 1 aliphatic rings. The lowest BCUT2D eigenvalue weighted by molar-refractivity contribution is -0.122. The molecule has 1 fully saturated rings. The SMILES string of the molecule is CNC(=O)C[C@@H]1CN(S(=O)(=O)c2ccc(Br)c(C)n2)C[C@H]1O. The molecule has 0 saturated carbocycles. The molecule has 0 radical (unpaired) electrons. The summed E-state index contributed by atoms with van der Waals surface area (Å²) in [6.45, 7) is 1.78. The van der Waals surface area contributed by atoms with Crippen molar-refractivity contribution in [3.8, 4) is 0 Å². The third-order valence-electron chi connectivity index (χ3n) is 3.70. The molecule has 2 heterocycles. The average molecular weight is 392 g/mol. The largest absolute Gasteiger partial charge is 0.391 e. The molecule has 0 spiro atoms. The van der Waals surface area contributed by atoms with Crippen LogP contribution in [0.3, 0.4) is 0 Å². The van der Waals surface area contributed by atoms with Gasteiger partial charge in [-0.25, -0.2) is 13.4 Å². The number of aliphatic hydroxyl groups is 1. The number of β-amino-alcohol motifs (C(OH)–C–C–N with tert-alkyl or cyclic N) is 1. The standard InChI is InChI=1S/C13H18BrN3O4S/c1-8-10(14)3-4-13(16-8)22(20,21)17-6-9(11(18)7-17)5-12(19)15-2/h3-4,9,11,18H,5-7H2,1-2H3,(H,15,19)/t9-,11-/m1/s1. The second-order valence-corrected chi connectivity index (χ2v) is 7.98. The number of nitrogens with one attached hydrogen (secondary N) is 1. The normalized spacial score (nSPS) is 22.7. The van der Waals surface area contributed by atoms with Gasteiger partial charge >= 0.3 is 0 Å². The maximum atomic E-state index is 12.6. The number of aliphatic hydroxyl groups excluding tert-OH is 1. The molecule has 1 saturated heterocycles. The predicted octanol–water partition coefficient (Wildman–Crippen LogP) is 0.270. The minimum Gasteiger partial charge on any atom is -0.391 e. The van der Waals surface area contributed by atoms with Crippen LogP contribution in [-0.4, -0.2) is 55.0 Å². The van der Waals surface area contributed by atoms with Gasteiger partial charge in [0.05, 0.1) is 11.8 Å². The summed E-state index contributed by atoms with van der Waals surface area (Å²) in [4.78, 5) is 15.5. The number of carbonyl (C=O) groups is 1. The average Bonchev–Trinajstić information content (AvgIpc) is 2.83. The van der Waals surface area contributed by atoms with Crippen molar-refractivity contribution >= 4 is 31.9 Å². The topological polar surface area (TPSA) is 99.6 Å². The van der Waals surface area contributed by atoms with Gasteiger partial charge in [-0.2, -0.15) is 4.31 Å². The highest BCUT2D eigenvalue weighted by Crippen LogP contribution is 2.27. The predicted molar refractivity (Wildman–Crippen MR) is 83.6 cm³/mol. The van der Waals surface area contributed by atoms with Crippen LogP contribution in [0.2, 0.25) is 0 Å². The van der Waals surface area contributed by atoms with E-state index >= 15 is 0 Å². The number of hydrogen-bond donors (Lipinski definition) is 2. The van der Waals surface area contributed by atoms with Crippen LogP contribution in [0, 0.1) is 12.8 Å². The number of aryl methyl sites for hydroxylation is 1. The summed E-state index contributed by atoms with van der Waals surface area (Å²) < 4.78 is 27.1. The summed E-state index contributed by atoms with van der Waals surface area (Å²) >= 11 is 3.28. The molecule has 2 rings (SSSR count). The first-order chi connectivity index (χ1) is 10.3. The quantitative estimate of drug-likeness (QED) is 0.767. The monoisotopic (exact) mass is 391 g/mol. The van der Waals surface area contributed by atoms with Gasteiger partial charge in [-0.1, -0.05) is 0 Å². The minimum absolute atomic E-state index is 0.0270. The first-order valence-electron chi connectivity index (χ1n) is 6.77. The molecule has 2 N–H and O–H groups in total. The third kappa shape index (κ3) is 3.48. The van der Waals surface area contributed by atoms with E-state index < -0.39 is 22.0 Å².